The van der Waals surface area contributed by atoms with Crippen molar-refractivity contribution in [1.82, 2.24) is 0 Å². The van der Waals surface area contributed by atoms with Crippen molar-refractivity contribution in [2.45, 2.75) is 13.8 Å². The highest BCUT2D eigenvalue weighted by Crippen LogP contribution is 2.34. The number of halogens is 1. The van der Waals surface area contributed by atoms with Crippen LogP contribution in [0, 0.1) is 6.92 Å². The zero-order chi connectivity index (χ0) is 13.8. The van der Waals surface area contributed by atoms with Gasteiger partial charge in [-0.1, -0.05) is 6.07 Å². The number of hydrogen-bond donors (Lipinski definition) is 1. The van der Waals surface area contributed by atoms with Crippen molar-refractivity contribution in [2.75, 3.05) is 12.3 Å². The molecule has 0 heterocycles. The molecule has 3 nitrogen and oxygen atoms in total. The number of hydrogen-bond acceptors (Lipinski definition) is 3. The Morgan fingerprint density at radius 1 is 1.16 bits per heavy atom. The van der Waals surface area contributed by atoms with Gasteiger partial charge in [0.15, 0.2) is 0 Å². The molecule has 2 aromatic carbocycles. The van der Waals surface area contributed by atoms with Gasteiger partial charge >= 0.3 is 0 Å². The van der Waals surface area contributed by atoms with Crippen LogP contribution in [0.25, 0.3) is 0 Å². The van der Waals surface area contributed by atoms with Crippen molar-refractivity contribution in [3.63, 3.8) is 0 Å². The first kappa shape index (κ1) is 13.7. The normalized spacial score (nSPS) is 10.3. The lowest BCUT2D eigenvalue weighted by Crippen LogP contribution is -1.94. The van der Waals surface area contributed by atoms with Crippen molar-refractivity contribution in [3.05, 3.63) is 46.4 Å². The molecule has 100 valence electrons. The second-order valence-electron chi connectivity index (χ2n) is 4.15. The fourth-order valence-electron chi connectivity index (χ4n) is 1.67. The Kier molecular flexibility index (Phi) is 4.32. The lowest BCUT2D eigenvalue weighted by molar-refractivity contribution is 0.338. The minimum Gasteiger partial charge on any atom is -0.494 e. The second-order valence-corrected chi connectivity index (χ2v) is 5.00. The van der Waals surface area contributed by atoms with Crippen LogP contribution >= 0.6 is 15.9 Å². The molecule has 0 aliphatic carbocycles. The zero-order valence-electron chi connectivity index (χ0n) is 10.9. The van der Waals surface area contributed by atoms with Crippen LogP contribution in [-0.4, -0.2) is 6.61 Å². The first-order valence-electron chi connectivity index (χ1n) is 6.06. The van der Waals surface area contributed by atoms with E-state index in [2.05, 4.69) is 15.9 Å². The largest absolute Gasteiger partial charge is 0.494 e. The molecule has 2 aromatic rings. The fourth-order valence-corrected chi connectivity index (χ4v) is 2.11. The molecule has 0 saturated heterocycles. The van der Waals surface area contributed by atoms with Crippen molar-refractivity contribution in [1.29, 1.82) is 0 Å². The first-order chi connectivity index (χ1) is 9.10. The van der Waals surface area contributed by atoms with Crippen LogP contribution in [0.5, 0.6) is 17.2 Å². The van der Waals surface area contributed by atoms with Crippen LogP contribution < -0.4 is 15.2 Å². The van der Waals surface area contributed by atoms with E-state index in [4.69, 9.17) is 15.2 Å². The average molecular weight is 322 g/mol. The molecule has 19 heavy (non-hydrogen) atoms. The second kappa shape index (κ2) is 5.97. The minimum atomic E-state index is 0.633. The van der Waals surface area contributed by atoms with E-state index in [1.165, 1.54) is 0 Å². The van der Waals surface area contributed by atoms with Crippen LogP contribution in [0.4, 0.5) is 5.69 Å². The summed E-state index contributed by atoms with van der Waals surface area (Å²) in [5.41, 5.74) is 7.56. The number of aryl methyl sites for hydroxylation is 1. The molecule has 2 N–H and O–H groups in total. The molecule has 0 bridgehead atoms. The standard InChI is InChI=1S/C15H16BrNO2/c1-3-18-11-5-4-6-12(8-11)19-15-7-10(2)14(17)9-13(15)16/h4-9H,3,17H2,1-2H3. The highest BCUT2D eigenvalue weighted by molar-refractivity contribution is 9.10. The maximum atomic E-state index is 5.85. The molecule has 2 rings (SSSR count). The van der Waals surface area contributed by atoms with E-state index in [9.17, 15) is 0 Å². The summed E-state index contributed by atoms with van der Waals surface area (Å²) < 4.78 is 12.1. The molecule has 0 radical (unpaired) electrons. The molecule has 0 atom stereocenters. The van der Waals surface area contributed by atoms with Crippen molar-refractivity contribution in [3.8, 4) is 17.2 Å². The quantitative estimate of drug-likeness (QED) is 0.841. The van der Waals surface area contributed by atoms with Crippen LogP contribution in [-0.2, 0) is 0 Å². The van der Waals surface area contributed by atoms with Gasteiger partial charge in [0.25, 0.3) is 0 Å². The lowest BCUT2D eigenvalue weighted by Gasteiger charge is -2.11. The highest BCUT2D eigenvalue weighted by Gasteiger charge is 2.06. The molecule has 0 aromatic heterocycles. The van der Waals surface area contributed by atoms with Gasteiger partial charge in [0.2, 0.25) is 0 Å². The summed E-state index contributed by atoms with van der Waals surface area (Å²) in [6, 6.07) is 11.3. The molecule has 0 aliphatic rings. The lowest BCUT2D eigenvalue weighted by atomic mass is 10.2. The third-order valence-corrected chi connectivity index (χ3v) is 3.28. The Labute approximate surface area is 121 Å². The van der Waals surface area contributed by atoms with E-state index in [-0.39, 0.29) is 0 Å². The molecule has 0 unspecified atom stereocenters. The monoisotopic (exact) mass is 321 g/mol. The summed E-state index contributed by atoms with van der Waals surface area (Å²) in [7, 11) is 0. The van der Waals surface area contributed by atoms with E-state index < -0.39 is 0 Å². The highest BCUT2D eigenvalue weighted by atomic mass is 79.9. The molecule has 0 spiro atoms. The summed E-state index contributed by atoms with van der Waals surface area (Å²) in [5, 5.41) is 0. The van der Waals surface area contributed by atoms with Crippen molar-refractivity contribution < 1.29 is 9.47 Å². The van der Waals surface area contributed by atoms with Gasteiger partial charge in [0.1, 0.15) is 17.2 Å². The third-order valence-electron chi connectivity index (χ3n) is 2.66. The number of ether oxygens (including phenoxy) is 2. The first-order valence-corrected chi connectivity index (χ1v) is 6.85. The smallest absolute Gasteiger partial charge is 0.142 e. The average Bonchev–Trinajstić information content (AvgIpc) is 2.37. The Balaban J connectivity index is 2.25. The van der Waals surface area contributed by atoms with Gasteiger partial charge in [-0.05, 0) is 59.6 Å². The molecular formula is C15H16BrNO2. The number of anilines is 1. The number of benzene rings is 2. The van der Waals surface area contributed by atoms with Crippen LogP contribution in [0.15, 0.2) is 40.9 Å². The predicted molar refractivity (Wildman–Crippen MR) is 81.0 cm³/mol. The summed E-state index contributed by atoms with van der Waals surface area (Å²) in [4.78, 5) is 0. The summed E-state index contributed by atoms with van der Waals surface area (Å²) in [5.74, 6) is 2.26. The number of nitrogen functional groups attached to an aromatic ring is 1. The van der Waals surface area contributed by atoms with Gasteiger partial charge in [-0.3, -0.25) is 0 Å². The minimum absolute atomic E-state index is 0.633. The Morgan fingerprint density at radius 3 is 2.63 bits per heavy atom. The van der Waals surface area contributed by atoms with Gasteiger partial charge in [0.05, 0.1) is 11.1 Å². The summed E-state index contributed by atoms with van der Waals surface area (Å²) >= 11 is 3.45. The SMILES string of the molecule is CCOc1cccc(Oc2cc(C)c(N)cc2Br)c1. The molecular weight excluding hydrogens is 306 g/mol. The van der Waals surface area contributed by atoms with Crippen molar-refractivity contribution in [2.24, 2.45) is 0 Å². The predicted octanol–water partition coefficient (Wildman–Crippen LogP) is 4.53. The molecule has 4 heteroatoms. The summed E-state index contributed by atoms with van der Waals surface area (Å²) in [6.45, 7) is 4.53. The van der Waals surface area contributed by atoms with Crippen LogP contribution in [0.1, 0.15) is 12.5 Å². The summed E-state index contributed by atoms with van der Waals surface area (Å²) in [6.07, 6.45) is 0. The maximum absolute atomic E-state index is 5.85. The van der Waals surface area contributed by atoms with E-state index in [1.54, 1.807) is 0 Å². The molecule has 0 saturated carbocycles. The number of nitrogens with two attached hydrogens (primary N) is 1. The Hall–Kier alpha value is -1.68. The molecule has 0 aliphatic heterocycles. The topological polar surface area (TPSA) is 44.5 Å². The van der Waals surface area contributed by atoms with E-state index in [1.807, 2.05) is 50.2 Å². The fraction of sp³-hybridized carbons (Fsp3) is 0.200. The molecule has 0 amide bonds. The van der Waals surface area contributed by atoms with Gasteiger partial charge in [-0.15, -0.1) is 0 Å². The third kappa shape index (κ3) is 3.41. The van der Waals surface area contributed by atoms with Crippen molar-refractivity contribution >= 4 is 21.6 Å². The zero-order valence-corrected chi connectivity index (χ0v) is 12.5. The van der Waals surface area contributed by atoms with Crippen LogP contribution in [0.2, 0.25) is 0 Å². The van der Waals surface area contributed by atoms with Gasteiger partial charge in [-0.2, -0.15) is 0 Å². The van der Waals surface area contributed by atoms with Gasteiger partial charge < -0.3 is 15.2 Å². The van der Waals surface area contributed by atoms with E-state index in [0.717, 1.165) is 33.0 Å². The molecule has 0 fully saturated rings. The van der Waals surface area contributed by atoms with Gasteiger partial charge in [0, 0.05) is 11.8 Å². The van der Waals surface area contributed by atoms with Gasteiger partial charge in [-0.25, -0.2) is 0 Å². The number of rotatable bonds is 4. The van der Waals surface area contributed by atoms with Crippen LogP contribution in [0.3, 0.4) is 0 Å². The Morgan fingerprint density at radius 2 is 1.89 bits per heavy atom. The Bertz CT molecular complexity index is 584. The maximum Gasteiger partial charge on any atom is 0.142 e. The van der Waals surface area contributed by atoms with E-state index in [0.29, 0.717) is 6.61 Å². The van der Waals surface area contributed by atoms with E-state index >= 15 is 0 Å².